The van der Waals surface area contributed by atoms with E-state index in [2.05, 4.69) is 13.8 Å². The van der Waals surface area contributed by atoms with Gasteiger partial charge in [-0.15, -0.1) is 0 Å². The minimum atomic E-state index is -0.833. The molecular weight excluding hydrogens is 156 g/mol. The molecular formula is C9H16O3. The molecule has 0 amide bonds. The molecule has 0 aromatic carbocycles. The number of carboxylic acids is 1. The van der Waals surface area contributed by atoms with Crippen LogP contribution in [-0.4, -0.2) is 16.9 Å². The zero-order valence-corrected chi connectivity index (χ0v) is 7.67. The summed E-state index contributed by atoms with van der Waals surface area (Å²) in [4.78, 5) is 20.7. The Bertz CT molecular complexity index is 163. The summed E-state index contributed by atoms with van der Waals surface area (Å²) in [6.45, 7) is 4.25. The molecule has 0 aliphatic heterocycles. The molecule has 1 fully saturated rings. The van der Waals surface area contributed by atoms with E-state index < -0.39 is 11.9 Å². The number of Topliss-reactive ketones (excluding diaryl/α,β-unsaturated/α-hetero) is 1. The van der Waals surface area contributed by atoms with Gasteiger partial charge < -0.3 is 5.11 Å². The molecule has 1 atom stereocenters. The van der Waals surface area contributed by atoms with Crippen molar-refractivity contribution in [2.24, 2.45) is 5.92 Å². The summed E-state index contributed by atoms with van der Waals surface area (Å²) in [5.74, 6) is -1.14. The number of hydrogen-bond donors (Lipinski definition) is 1. The number of hydrogen-bond acceptors (Lipinski definition) is 2. The molecule has 0 bridgehead atoms. The van der Waals surface area contributed by atoms with E-state index in [0.717, 1.165) is 0 Å². The van der Waals surface area contributed by atoms with E-state index in [9.17, 15) is 9.59 Å². The lowest BCUT2D eigenvalue weighted by atomic mass is 10.1. The number of carbonyl (C=O) groups excluding carboxylic acids is 1. The van der Waals surface area contributed by atoms with Crippen molar-refractivity contribution in [1.82, 2.24) is 0 Å². The molecule has 0 radical (unpaired) electrons. The zero-order valence-electron chi connectivity index (χ0n) is 7.67. The molecule has 1 aliphatic rings. The topological polar surface area (TPSA) is 54.4 Å². The van der Waals surface area contributed by atoms with Crippen LogP contribution in [0.15, 0.2) is 0 Å². The smallest absolute Gasteiger partial charge is 0.306 e. The van der Waals surface area contributed by atoms with E-state index in [0.29, 0.717) is 12.8 Å². The van der Waals surface area contributed by atoms with Gasteiger partial charge in [-0.3, -0.25) is 9.59 Å². The molecule has 0 heterocycles. The van der Waals surface area contributed by atoms with Gasteiger partial charge in [-0.25, -0.2) is 0 Å². The van der Waals surface area contributed by atoms with E-state index in [1.54, 1.807) is 0 Å². The fourth-order valence-corrected chi connectivity index (χ4v) is 1.02. The van der Waals surface area contributed by atoms with Gasteiger partial charge >= 0.3 is 5.97 Å². The maximum Gasteiger partial charge on any atom is 0.306 e. The number of ketones is 1. The largest absolute Gasteiger partial charge is 0.481 e. The SMILES string of the molecule is CCC.O=C1CCC(C(=O)O)C1. The van der Waals surface area contributed by atoms with Crippen molar-refractivity contribution in [1.29, 1.82) is 0 Å². The summed E-state index contributed by atoms with van der Waals surface area (Å²) in [6.07, 6.45) is 2.49. The highest BCUT2D eigenvalue weighted by Crippen LogP contribution is 2.21. The first-order valence-corrected chi connectivity index (χ1v) is 4.36. The van der Waals surface area contributed by atoms with Crippen LogP contribution in [0.3, 0.4) is 0 Å². The van der Waals surface area contributed by atoms with Crippen LogP contribution >= 0.6 is 0 Å². The molecule has 3 nitrogen and oxygen atoms in total. The minimum absolute atomic E-state index is 0.0856. The Hall–Kier alpha value is -0.860. The Morgan fingerprint density at radius 3 is 2.25 bits per heavy atom. The lowest BCUT2D eigenvalue weighted by molar-refractivity contribution is -0.142. The van der Waals surface area contributed by atoms with Crippen LogP contribution in [0.2, 0.25) is 0 Å². The second-order valence-electron chi connectivity index (χ2n) is 3.02. The normalized spacial score (nSPS) is 21.5. The summed E-state index contributed by atoms with van der Waals surface area (Å²) in [5.41, 5.74) is 0. The quantitative estimate of drug-likeness (QED) is 0.656. The molecule has 0 aromatic rings. The monoisotopic (exact) mass is 172 g/mol. The standard InChI is InChI=1S/C6H8O3.C3H8/c7-5-2-1-4(3-5)6(8)9;1-3-2/h4H,1-3H2,(H,8,9);3H2,1-2H3. The Balaban J connectivity index is 0.000000354. The summed E-state index contributed by atoms with van der Waals surface area (Å²) >= 11 is 0. The Labute approximate surface area is 72.8 Å². The predicted octanol–water partition coefficient (Wildman–Crippen LogP) is 1.86. The third-order valence-corrected chi connectivity index (χ3v) is 1.59. The predicted molar refractivity (Wildman–Crippen MR) is 45.9 cm³/mol. The Morgan fingerprint density at radius 2 is 2.08 bits per heavy atom. The zero-order chi connectivity index (χ0) is 9.56. The van der Waals surface area contributed by atoms with Gasteiger partial charge in [0.1, 0.15) is 5.78 Å². The third-order valence-electron chi connectivity index (χ3n) is 1.59. The first kappa shape index (κ1) is 11.1. The van der Waals surface area contributed by atoms with Crippen molar-refractivity contribution in [2.75, 3.05) is 0 Å². The summed E-state index contributed by atoms with van der Waals surface area (Å²) in [6, 6.07) is 0. The van der Waals surface area contributed by atoms with E-state index in [1.807, 2.05) is 0 Å². The average Bonchev–Trinajstić information content (AvgIpc) is 2.37. The highest BCUT2D eigenvalue weighted by atomic mass is 16.4. The van der Waals surface area contributed by atoms with Crippen LogP contribution in [0.5, 0.6) is 0 Å². The number of carboxylic acid groups (broad SMARTS) is 1. The summed E-state index contributed by atoms with van der Waals surface area (Å²) in [5, 5.41) is 8.38. The van der Waals surface area contributed by atoms with Crippen LogP contribution in [0.25, 0.3) is 0 Å². The van der Waals surface area contributed by atoms with E-state index in [4.69, 9.17) is 5.11 Å². The van der Waals surface area contributed by atoms with Crippen molar-refractivity contribution >= 4 is 11.8 Å². The Morgan fingerprint density at radius 1 is 1.58 bits per heavy atom. The van der Waals surface area contributed by atoms with E-state index in [1.165, 1.54) is 6.42 Å². The third kappa shape index (κ3) is 4.11. The number of carbonyl (C=O) groups is 2. The van der Waals surface area contributed by atoms with Gasteiger partial charge in [0.15, 0.2) is 0 Å². The lowest BCUT2D eigenvalue weighted by Crippen LogP contribution is -2.09. The molecule has 12 heavy (non-hydrogen) atoms. The first-order valence-electron chi connectivity index (χ1n) is 4.36. The van der Waals surface area contributed by atoms with Crippen LogP contribution in [0.4, 0.5) is 0 Å². The van der Waals surface area contributed by atoms with Gasteiger partial charge in [0.25, 0.3) is 0 Å². The molecule has 1 rings (SSSR count). The van der Waals surface area contributed by atoms with Crippen molar-refractivity contribution < 1.29 is 14.7 Å². The first-order chi connectivity index (χ1) is 5.61. The fraction of sp³-hybridized carbons (Fsp3) is 0.778. The lowest BCUT2D eigenvalue weighted by Gasteiger charge is -1.96. The van der Waals surface area contributed by atoms with Gasteiger partial charge in [0.2, 0.25) is 0 Å². The molecule has 1 aliphatic carbocycles. The highest BCUT2D eigenvalue weighted by molar-refractivity contribution is 5.87. The summed E-state index contributed by atoms with van der Waals surface area (Å²) in [7, 11) is 0. The molecule has 0 aromatic heterocycles. The minimum Gasteiger partial charge on any atom is -0.481 e. The Kier molecular flexibility index (Phi) is 5.34. The molecule has 1 N–H and O–H groups in total. The van der Waals surface area contributed by atoms with Gasteiger partial charge in [-0.2, -0.15) is 0 Å². The number of aliphatic carboxylic acids is 1. The molecule has 70 valence electrons. The molecule has 0 spiro atoms. The maximum atomic E-state index is 10.5. The average molecular weight is 172 g/mol. The van der Waals surface area contributed by atoms with E-state index in [-0.39, 0.29) is 12.2 Å². The van der Waals surface area contributed by atoms with Gasteiger partial charge in [0, 0.05) is 12.8 Å². The molecule has 3 heteroatoms. The van der Waals surface area contributed by atoms with Crippen LogP contribution in [0.1, 0.15) is 39.5 Å². The number of rotatable bonds is 1. The van der Waals surface area contributed by atoms with Crippen LogP contribution in [0, 0.1) is 5.92 Å². The van der Waals surface area contributed by atoms with Gasteiger partial charge in [-0.05, 0) is 6.42 Å². The van der Waals surface area contributed by atoms with Crippen LogP contribution < -0.4 is 0 Å². The van der Waals surface area contributed by atoms with Gasteiger partial charge in [0.05, 0.1) is 5.92 Å². The molecule has 0 saturated heterocycles. The van der Waals surface area contributed by atoms with Crippen molar-refractivity contribution in [3.63, 3.8) is 0 Å². The van der Waals surface area contributed by atoms with E-state index >= 15 is 0 Å². The fourth-order valence-electron chi connectivity index (χ4n) is 1.02. The molecule has 1 unspecified atom stereocenters. The van der Waals surface area contributed by atoms with Crippen molar-refractivity contribution in [3.05, 3.63) is 0 Å². The second-order valence-corrected chi connectivity index (χ2v) is 3.02. The van der Waals surface area contributed by atoms with Gasteiger partial charge in [-0.1, -0.05) is 20.3 Å². The van der Waals surface area contributed by atoms with Crippen LogP contribution in [-0.2, 0) is 9.59 Å². The maximum absolute atomic E-state index is 10.5. The highest BCUT2D eigenvalue weighted by Gasteiger charge is 2.27. The second kappa shape index (κ2) is 5.75. The van der Waals surface area contributed by atoms with Crippen molar-refractivity contribution in [2.45, 2.75) is 39.5 Å². The van der Waals surface area contributed by atoms with Crippen molar-refractivity contribution in [3.8, 4) is 0 Å². The summed E-state index contributed by atoms with van der Waals surface area (Å²) < 4.78 is 0. The molecule has 1 saturated carbocycles.